The molecule has 2 heterocycles. The minimum atomic E-state index is -0.234. The highest BCUT2D eigenvalue weighted by molar-refractivity contribution is 6.08. The summed E-state index contributed by atoms with van der Waals surface area (Å²) < 4.78 is 19.6. The van der Waals surface area contributed by atoms with Gasteiger partial charge < -0.3 is 19.1 Å². The quantitative estimate of drug-likeness (QED) is 0.0806. The number of nitrogens with zero attached hydrogens (tertiary/aromatic N) is 5. The monoisotopic (exact) mass is 689 g/mol. The summed E-state index contributed by atoms with van der Waals surface area (Å²) in [6.45, 7) is 12.9. The number of amides is 1. The van der Waals surface area contributed by atoms with Gasteiger partial charge in [0.15, 0.2) is 17.3 Å². The minimum Gasteiger partial charge on any atom is -0.497 e. The van der Waals surface area contributed by atoms with E-state index in [9.17, 15) is 19.2 Å². The van der Waals surface area contributed by atoms with Gasteiger partial charge in [-0.1, -0.05) is 41.5 Å². The van der Waals surface area contributed by atoms with Gasteiger partial charge >= 0.3 is 0 Å². The van der Waals surface area contributed by atoms with Gasteiger partial charge in [0.2, 0.25) is 5.91 Å². The van der Waals surface area contributed by atoms with Crippen molar-refractivity contribution in [2.75, 3.05) is 40.5 Å². The zero-order valence-electron chi connectivity index (χ0n) is 30.7. The lowest BCUT2D eigenvalue weighted by Gasteiger charge is -2.24. The predicted octanol–water partition coefficient (Wildman–Crippen LogP) is 6.02. The third-order valence-corrected chi connectivity index (χ3v) is 8.60. The van der Waals surface area contributed by atoms with E-state index in [2.05, 4.69) is 24.0 Å². The van der Waals surface area contributed by atoms with Crippen molar-refractivity contribution in [1.82, 2.24) is 24.5 Å². The maximum atomic E-state index is 13.7. The lowest BCUT2D eigenvalue weighted by Crippen LogP contribution is -2.36. The van der Waals surface area contributed by atoms with Crippen LogP contribution in [0.2, 0.25) is 0 Å². The molecule has 0 aliphatic carbocycles. The van der Waals surface area contributed by atoms with Gasteiger partial charge in [-0.15, -0.1) is 0 Å². The number of fused-ring (bicyclic) bond motifs is 2. The molecule has 4 aromatic rings. The van der Waals surface area contributed by atoms with E-state index in [0.717, 1.165) is 6.42 Å². The van der Waals surface area contributed by atoms with Crippen molar-refractivity contribution in [2.24, 2.45) is 17.8 Å². The number of hydrogen-bond donors (Lipinski definition) is 0. The summed E-state index contributed by atoms with van der Waals surface area (Å²) in [4.78, 5) is 54.2. The van der Waals surface area contributed by atoms with Gasteiger partial charge in [0.1, 0.15) is 42.6 Å². The molecular formula is C38H51N5O7. The number of benzene rings is 2. The molecule has 4 rings (SSSR count). The zero-order valence-corrected chi connectivity index (χ0v) is 30.7. The van der Waals surface area contributed by atoms with Crippen LogP contribution in [0.15, 0.2) is 36.4 Å². The average molecular weight is 690 g/mol. The number of Topliss-reactive ketones (excluding diaryl/α,β-unsaturated/α-hetero) is 3. The smallest absolute Gasteiger partial charge is 0.244 e. The van der Waals surface area contributed by atoms with Crippen molar-refractivity contribution in [3.63, 3.8) is 0 Å². The molecule has 270 valence electrons. The summed E-state index contributed by atoms with van der Waals surface area (Å²) in [5.41, 5.74) is 2.02. The Morgan fingerprint density at radius 1 is 0.720 bits per heavy atom. The fourth-order valence-electron chi connectivity index (χ4n) is 5.62. The molecule has 0 aliphatic heterocycles. The molecule has 0 saturated heterocycles. The van der Waals surface area contributed by atoms with Gasteiger partial charge in [0.05, 0.1) is 25.3 Å². The molecule has 1 amide bonds. The number of ether oxygens (including phenoxy) is 3. The van der Waals surface area contributed by atoms with Crippen LogP contribution in [0, 0.1) is 17.8 Å². The van der Waals surface area contributed by atoms with E-state index in [0.29, 0.717) is 83.1 Å². The first-order valence-electron chi connectivity index (χ1n) is 17.4. The van der Waals surface area contributed by atoms with Gasteiger partial charge in [0, 0.05) is 54.4 Å². The summed E-state index contributed by atoms with van der Waals surface area (Å²) in [7, 11) is 3.14. The number of methoxy groups -OCH3 is 2. The number of rotatable bonds is 20. The highest BCUT2D eigenvalue weighted by atomic mass is 16.5. The van der Waals surface area contributed by atoms with Crippen LogP contribution < -0.4 is 9.47 Å². The Labute approximate surface area is 294 Å². The molecule has 12 nitrogen and oxygen atoms in total. The fraction of sp³-hybridized carbons (Fsp3) is 0.526. The number of unbranched alkanes of at least 4 members (excludes halogenated alkanes) is 1. The topological polar surface area (TPSA) is 135 Å². The maximum Gasteiger partial charge on any atom is 0.244 e. The van der Waals surface area contributed by atoms with Crippen LogP contribution in [0.25, 0.3) is 21.8 Å². The predicted molar refractivity (Wildman–Crippen MR) is 192 cm³/mol. The molecule has 0 bridgehead atoms. The molecule has 50 heavy (non-hydrogen) atoms. The highest BCUT2D eigenvalue weighted by Crippen LogP contribution is 2.27. The van der Waals surface area contributed by atoms with E-state index in [1.54, 1.807) is 49.2 Å². The van der Waals surface area contributed by atoms with Crippen LogP contribution in [-0.2, 0) is 27.4 Å². The van der Waals surface area contributed by atoms with Crippen LogP contribution in [0.4, 0.5) is 0 Å². The van der Waals surface area contributed by atoms with Crippen LogP contribution in [-0.4, -0.2) is 88.2 Å². The molecule has 12 heteroatoms. The van der Waals surface area contributed by atoms with Crippen LogP contribution in [0.3, 0.4) is 0 Å². The first-order chi connectivity index (χ1) is 23.8. The second kappa shape index (κ2) is 17.4. The van der Waals surface area contributed by atoms with Gasteiger partial charge in [-0.25, -0.2) is 0 Å². The maximum absolute atomic E-state index is 13.7. The molecule has 0 unspecified atom stereocenters. The second-order valence-corrected chi connectivity index (χ2v) is 13.7. The van der Waals surface area contributed by atoms with Crippen molar-refractivity contribution in [1.29, 1.82) is 0 Å². The Balaban J connectivity index is 1.35. The first-order valence-corrected chi connectivity index (χ1v) is 17.4. The fourth-order valence-corrected chi connectivity index (χ4v) is 5.62. The number of aromatic nitrogens is 4. The van der Waals surface area contributed by atoms with Crippen LogP contribution >= 0.6 is 0 Å². The standard InChI is InChI=1S/C38H51N5O7/c1-24(2)15-17-41(34(45)22-43-33-20-29(49-8)12-14-31(33)36(40-43)38(47)26(5)6)16-9-10-18-50-23-27(44)21-42-32-19-28(48-7)11-13-30(32)35(39-42)37(46)25(3)4/h11-14,19-20,24-26H,9-10,15-18,21-23H2,1-8H3. The summed E-state index contributed by atoms with van der Waals surface area (Å²) in [5.74, 6) is 0.744. The molecular weight excluding hydrogens is 638 g/mol. The molecule has 0 atom stereocenters. The van der Waals surface area contributed by atoms with Crippen molar-refractivity contribution >= 4 is 45.1 Å². The Bertz CT molecular complexity index is 1820. The van der Waals surface area contributed by atoms with Gasteiger partial charge in [-0.2, -0.15) is 10.2 Å². The third-order valence-electron chi connectivity index (χ3n) is 8.60. The van der Waals surface area contributed by atoms with Gasteiger partial charge in [-0.05, 0) is 49.4 Å². The van der Waals surface area contributed by atoms with E-state index in [1.807, 2.05) is 38.7 Å². The Morgan fingerprint density at radius 3 is 1.72 bits per heavy atom. The molecule has 0 fully saturated rings. The van der Waals surface area contributed by atoms with Crippen molar-refractivity contribution in [3.05, 3.63) is 47.8 Å². The number of carbonyl (C=O) groups excluding carboxylic acids is 4. The van der Waals surface area contributed by atoms with E-state index in [1.165, 1.54) is 4.68 Å². The minimum absolute atomic E-state index is 0.00337. The molecule has 2 aromatic heterocycles. The first kappa shape index (κ1) is 38.2. The Morgan fingerprint density at radius 2 is 1.24 bits per heavy atom. The van der Waals surface area contributed by atoms with E-state index in [-0.39, 0.29) is 54.8 Å². The summed E-state index contributed by atoms with van der Waals surface area (Å²) in [6.07, 6.45) is 2.19. The van der Waals surface area contributed by atoms with E-state index < -0.39 is 0 Å². The Kier molecular flexibility index (Phi) is 13.3. The van der Waals surface area contributed by atoms with Gasteiger partial charge in [-0.3, -0.25) is 28.5 Å². The number of ketones is 3. The third kappa shape index (κ3) is 9.35. The molecule has 2 aromatic carbocycles. The summed E-state index contributed by atoms with van der Waals surface area (Å²) >= 11 is 0. The van der Waals surface area contributed by atoms with Crippen molar-refractivity contribution < 1.29 is 33.4 Å². The normalized spacial score (nSPS) is 11.7. The molecule has 0 spiro atoms. The summed E-state index contributed by atoms with van der Waals surface area (Å²) in [5, 5.41) is 10.5. The highest BCUT2D eigenvalue weighted by Gasteiger charge is 2.24. The van der Waals surface area contributed by atoms with E-state index in [4.69, 9.17) is 14.2 Å². The van der Waals surface area contributed by atoms with Crippen molar-refractivity contribution in [2.45, 2.75) is 73.9 Å². The molecule has 0 radical (unpaired) electrons. The van der Waals surface area contributed by atoms with Crippen LogP contribution in [0.1, 0.15) is 81.8 Å². The lowest BCUT2D eigenvalue weighted by atomic mass is 10.0. The number of hydrogen-bond acceptors (Lipinski definition) is 9. The summed E-state index contributed by atoms with van der Waals surface area (Å²) in [6, 6.07) is 10.8. The average Bonchev–Trinajstić information content (AvgIpc) is 3.63. The Hall–Kier alpha value is -4.58. The second-order valence-electron chi connectivity index (χ2n) is 13.7. The molecule has 0 aliphatic rings. The molecule has 0 saturated carbocycles. The molecule has 0 N–H and O–H groups in total. The van der Waals surface area contributed by atoms with E-state index >= 15 is 0 Å². The SMILES string of the molecule is COc1ccc2c(C(=O)C(C)C)nn(CC(=O)COCCCCN(CCC(C)C)C(=O)Cn3nc(C(=O)C(C)C)c4ccc(OC)cc43)c2c1. The number of carbonyl (C=O) groups is 4. The van der Waals surface area contributed by atoms with Crippen molar-refractivity contribution in [3.8, 4) is 11.5 Å². The lowest BCUT2D eigenvalue weighted by molar-refractivity contribution is -0.132. The van der Waals surface area contributed by atoms with Gasteiger partial charge in [0.25, 0.3) is 0 Å². The largest absolute Gasteiger partial charge is 0.497 e. The zero-order chi connectivity index (χ0) is 36.5. The van der Waals surface area contributed by atoms with Crippen LogP contribution in [0.5, 0.6) is 11.5 Å².